The fourth-order valence-electron chi connectivity index (χ4n) is 4.37. The molecule has 3 aromatic carbocycles. The minimum absolute atomic E-state index is 0.237. The molecule has 1 saturated heterocycles. The number of aliphatic hydroxyl groups excluding tert-OH is 1. The lowest BCUT2D eigenvalue weighted by molar-refractivity contribution is -0.130. The lowest BCUT2D eigenvalue weighted by Gasteiger charge is -2.31. The van der Waals surface area contributed by atoms with Crippen molar-refractivity contribution in [2.24, 2.45) is 10.2 Å². The first-order valence-corrected chi connectivity index (χ1v) is 13.0. The predicted octanol–water partition coefficient (Wildman–Crippen LogP) is 4.14. The molecule has 3 N–H and O–H groups in total. The molecule has 0 spiro atoms. The van der Waals surface area contributed by atoms with E-state index in [-0.39, 0.29) is 6.10 Å². The molecule has 204 valence electrons. The van der Waals surface area contributed by atoms with E-state index in [1.165, 1.54) is 13.8 Å². The van der Waals surface area contributed by atoms with Crippen LogP contribution in [0.1, 0.15) is 37.0 Å². The molecule has 2 heterocycles. The van der Waals surface area contributed by atoms with E-state index in [9.17, 15) is 19.8 Å². The lowest BCUT2D eigenvalue weighted by Crippen LogP contribution is -2.36. The number of carbonyl (C=O) groups is 2. The van der Waals surface area contributed by atoms with Crippen molar-refractivity contribution in [1.29, 1.82) is 0 Å². The molecule has 0 atom stereocenters. The number of hydrogen-bond acceptors (Lipinski definition) is 7. The van der Waals surface area contributed by atoms with Gasteiger partial charge >= 0.3 is 5.91 Å². The third-order valence-electron chi connectivity index (χ3n) is 6.72. The molecule has 1 aliphatic rings. The van der Waals surface area contributed by atoms with E-state index in [4.69, 9.17) is 0 Å². The fraction of sp³-hybridized carbons (Fsp3) is 0.276. The van der Waals surface area contributed by atoms with Crippen LogP contribution in [-0.4, -0.2) is 56.6 Å². The number of anilines is 2. The van der Waals surface area contributed by atoms with Crippen molar-refractivity contribution in [2.75, 3.05) is 23.3 Å². The number of fused-ring (bicyclic) bond motifs is 1. The molecule has 1 fully saturated rings. The average Bonchev–Trinajstić information content (AvgIpc) is 3.37. The summed E-state index contributed by atoms with van der Waals surface area (Å²) in [5.41, 5.74) is 2.66. The van der Waals surface area contributed by atoms with Crippen LogP contribution in [0.4, 0.5) is 17.1 Å². The SMILES string of the molecule is CC(C)(O)C(=O)Nc1ccc(-n2ncc3cc(N=[N+]=NC(=O)c4ccc(N5CCC(O)CC5)cc4)ccc32)cc1. The maximum atomic E-state index is 12.5. The summed E-state index contributed by atoms with van der Waals surface area (Å²) in [5, 5.41) is 35.2. The Morgan fingerprint density at radius 2 is 1.68 bits per heavy atom. The minimum Gasteiger partial charge on any atom is -0.393 e. The zero-order valence-electron chi connectivity index (χ0n) is 22.2. The van der Waals surface area contributed by atoms with E-state index in [2.05, 4.69) is 30.5 Å². The van der Waals surface area contributed by atoms with Crippen LogP contribution >= 0.6 is 0 Å². The Hall–Kier alpha value is -4.70. The number of nitrogens with one attached hydrogen (secondary N) is 1. The summed E-state index contributed by atoms with van der Waals surface area (Å²) in [5.74, 6) is -0.978. The highest BCUT2D eigenvalue weighted by Gasteiger charge is 2.23. The molecule has 4 aromatic rings. The second-order valence-electron chi connectivity index (χ2n) is 10.2. The van der Waals surface area contributed by atoms with Gasteiger partial charge in [0.05, 0.1) is 23.5 Å². The van der Waals surface area contributed by atoms with Gasteiger partial charge in [0, 0.05) is 35.4 Å². The van der Waals surface area contributed by atoms with Gasteiger partial charge < -0.3 is 20.4 Å². The third kappa shape index (κ3) is 6.13. The molecule has 0 bridgehead atoms. The van der Waals surface area contributed by atoms with Crippen LogP contribution in [0.5, 0.6) is 0 Å². The van der Waals surface area contributed by atoms with Crippen LogP contribution in [0.25, 0.3) is 16.6 Å². The molecule has 2 amide bonds. The van der Waals surface area contributed by atoms with Gasteiger partial charge in [-0.15, -0.1) is 0 Å². The van der Waals surface area contributed by atoms with E-state index < -0.39 is 17.4 Å². The van der Waals surface area contributed by atoms with Crippen molar-refractivity contribution >= 4 is 39.8 Å². The van der Waals surface area contributed by atoms with Gasteiger partial charge in [-0.25, -0.2) is 4.68 Å². The standard InChI is InChI=1S/C29H29N7O4/c1-29(2,40)28(39)31-21-5-10-24(11-6-21)36-26-12-7-22(17-20(26)18-30-36)32-34-33-27(38)19-3-8-23(9-4-19)35-15-13-25(37)14-16-35/h3-12,17-18,25,37,40H,13-16H2,1-2H3/p+1. The third-order valence-corrected chi connectivity index (χ3v) is 6.72. The van der Waals surface area contributed by atoms with Gasteiger partial charge in [0.25, 0.3) is 5.91 Å². The molecule has 1 aliphatic heterocycles. The van der Waals surface area contributed by atoms with Gasteiger partial charge in [0.2, 0.25) is 10.0 Å². The number of rotatable bonds is 6. The van der Waals surface area contributed by atoms with Crippen LogP contribution in [0.3, 0.4) is 0 Å². The molecule has 0 saturated carbocycles. The Morgan fingerprint density at radius 1 is 1.00 bits per heavy atom. The minimum atomic E-state index is -1.47. The average molecular weight is 541 g/mol. The number of aliphatic hydroxyl groups is 2. The molecule has 11 nitrogen and oxygen atoms in total. The van der Waals surface area contributed by atoms with Crippen LogP contribution in [0.15, 0.2) is 83.2 Å². The van der Waals surface area contributed by atoms with Crippen LogP contribution < -0.4 is 15.1 Å². The van der Waals surface area contributed by atoms with Crippen LogP contribution in [-0.2, 0) is 4.79 Å². The smallest absolute Gasteiger partial charge is 0.360 e. The Bertz CT molecular complexity index is 1590. The number of nitrogens with zero attached hydrogens (tertiary/aromatic N) is 6. The van der Waals surface area contributed by atoms with E-state index in [0.29, 0.717) is 16.9 Å². The number of amides is 2. The Kier molecular flexibility index (Phi) is 7.52. The summed E-state index contributed by atoms with van der Waals surface area (Å²) in [6.07, 6.45) is 2.94. The summed E-state index contributed by atoms with van der Waals surface area (Å²) in [7, 11) is 0. The zero-order chi connectivity index (χ0) is 28.3. The van der Waals surface area contributed by atoms with Gasteiger partial charge in [0.15, 0.2) is 10.8 Å². The number of carbonyl (C=O) groups excluding carboxylic acids is 2. The van der Waals surface area contributed by atoms with E-state index in [0.717, 1.165) is 48.2 Å². The Balaban J connectivity index is 1.25. The van der Waals surface area contributed by atoms with Gasteiger partial charge in [-0.1, -0.05) is 0 Å². The number of benzene rings is 3. The largest absolute Gasteiger partial charge is 0.393 e. The molecule has 40 heavy (non-hydrogen) atoms. The molecular weight excluding hydrogens is 510 g/mol. The van der Waals surface area contributed by atoms with E-state index in [1.54, 1.807) is 47.3 Å². The van der Waals surface area contributed by atoms with Crippen LogP contribution in [0.2, 0.25) is 0 Å². The molecule has 0 aliphatic carbocycles. The van der Waals surface area contributed by atoms with Gasteiger partial charge in [-0.05, 0) is 93.4 Å². The lowest BCUT2D eigenvalue weighted by atomic mass is 10.1. The Labute approximate surface area is 230 Å². The summed E-state index contributed by atoms with van der Waals surface area (Å²) >= 11 is 0. The molecule has 5 rings (SSSR count). The highest BCUT2D eigenvalue weighted by molar-refractivity contribution is 5.96. The van der Waals surface area contributed by atoms with Crippen molar-refractivity contribution in [3.8, 4) is 5.69 Å². The maximum absolute atomic E-state index is 12.5. The molecular formula is C29H30N7O4+. The zero-order valence-corrected chi connectivity index (χ0v) is 22.2. The van der Waals surface area contributed by atoms with Crippen molar-refractivity contribution in [2.45, 2.75) is 38.4 Å². The highest BCUT2D eigenvalue weighted by atomic mass is 16.3. The summed E-state index contributed by atoms with van der Waals surface area (Å²) in [6, 6.07) is 19.7. The van der Waals surface area contributed by atoms with Gasteiger partial charge in [0.1, 0.15) is 5.60 Å². The maximum Gasteiger partial charge on any atom is 0.360 e. The monoisotopic (exact) mass is 540 g/mol. The second-order valence-corrected chi connectivity index (χ2v) is 10.2. The number of piperidine rings is 1. The normalized spacial score (nSPS) is 14.1. The summed E-state index contributed by atoms with van der Waals surface area (Å²) in [4.78, 5) is 30.4. The Morgan fingerprint density at radius 3 is 2.35 bits per heavy atom. The second kappa shape index (κ2) is 11.2. The molecule has 0 radical (unpaired) electrons. The number of hydrogen-bond donors (Lipinski definition) is 3. The highest BCUT2D eigenvalue weighted by Crippen LogP contribution is 2.24. The fourth-order valence-corrected chi connectivity index (χ4v) is 4.37. The van der Waals surface area contributed by atoms with Crippen molar-refractivity contribution in [3.05, 3.63) is 78.5 Å². The summed E-state index contributed by atoms with van der Waals surface area (Å²) in [6.45, 7) is 4.42. The quantitative estimate of drug-likeness (QED) is 0.247. The van der Waals surface area contributed by atoms with Gasteiger partial charge in [-0.3, -0.25) is 9.59 Å². The first-order chi connectivity index (χ1) is 19.2. The summed E-state index contributed by atoms with van der Waals surface area (Å²) < 4.78 is 1.75. The van der Waals surface area contributed by atoms with E-state index >= 15 is 0 Å². The molecule has 11 heteroatoms. The van der Waals surface area contributed by atoms with Crippen LogP contribution in [0, 0.1) is 0 Å². The topological polar surface area (TPSA) is 147 Å². The van der Waals surface area contributed by atoms with Gasteiger partial charge in [-0.2, -0.15) is 5.10 Å². The predicted molar refractivity (Wildman–Crippen MR) is 151 cm³/mol. The number of aromatic nitrogens is 2. The molecule has 1 aromatic heterocycles. The van der Waals surface area contributed by atoms with Crippen molar-refractivity contribution in [1.82, 2.24) is 14.7 Å². The van der Waals surface area contributed by atoms with Crippen molar-refractivity contribution < 1.29 is 19.8 Å². The van der Waals surface area contributed by atoms with E-state index in [1.807, 2.05) is 30.3 Å². The first-order valence-electron chi connectivity index (χ1n) is 13.0. The van der Waals surface area contributed by atoms with Crippen molar-refractivity contribution in [3.63, 3.8) is 0 Å². The first kappa shape index (κ1) is 26.9. The molecule has 0 unspecified atom stereocenters.